The number of H-pyrrole nitrogens is 1. The van der Waals surface area contributed by atoms with Crippen LogP contribution in [0.3, 0.4) is 0 Å². The van der Waals surface area contributed by atoms with Crippen molar-refractivity contribution in [2.45, 2.75) is 51.3 Å². The minimum atomic E-state index is -0.846. The van der Waals surface area contributed by atoms with Crippen LogP contribution in [0.1, 0.15) is 52.4 Å². The van der Waals surface area contributed by atoms with Gasteiger partial charge in [-0.25, -0.2) is 0 Å². The second-order valence-corrected chi connectivity index (χ2v) is 11.9. The van der Waals surface area contributed by atoms with E-state index in [2.05, 4.69) is 28.3 Å². The number of benzene rings is 2. The van der Waals surface area contributed by atoms with Crippen molar-refractivity contribution in [2.75, 3.05) is 45.4 Å². The molecule has 1 aromatic heterocycles. The number of aliphatic hydroxyl groups is 1. The number of aliphatic hydroxyl groups excluding tert-OH is 1. The second kappa shape index (κ2) is 11.6. The Morgan fingerprint density at radius 1 is 1.14 bits per heavy atom. The summed E-state index contributed by atoms with van der Waals surface area (Å²) in [5.41, 5.74) is 5.82. The van der Waals surface area contributed by atoms with E-state index in [1.54, 1.807) is 18.3 Å². The van der Waals surface area contributed by atoms with E-state index in [4.69, 9.17) is 19.2 Å². The predicted molar refractivity (Wildman–Crippen MR) is 166 cm³/mol. The lowest BCUT2D eigenvalue weighted by atomic mass is 10.00. The highest BCUT2D eigenvalue weighted by molar-refractivity contribution is 6.10. The van der Waals surface area contributed by atoms with Crippen LogP contribution in [0.5, 0.6) is 17.2 Å². The van der Waals surface area contributed by atoms with E-state index in [9.17, 15) is 14.7 Å². The lowest BCUT2D eigenvalue weighted by molar-refractivity contribution is 0.0617. The molecule has 3 aromatic rings. The summed E-state index contributed by atoms with van der Waals surface area (Å²) < 4.78 is 16.9. The molecular weight excluding hydrogens is 562 g/mol. The zero-order chi connectivity index (χ0) is 30.4. The summed E-state index contributed by atoms with van der Waals surface area (Å²) in [6, 6.07) is 9.71. The van der Waals surface area contributed by atoms with Gasteiger partial charge < -0.3 is 39.4 Å². The van der Waals surface area contributed by atoms with E-state index in [1.807, 2.05) is 24.0 Å². The standard InChI is InChI=1S/C33H37N5O6/c1-3-19-12-29-30(44-18-43-29)14-28(19)42-17-23(39)15-35-25-4-7-34-32(40)31(25)27-11-20-10-21-16-38(22-5-8-37(2)9-6-22)33(41)24(21)13-26(20)36-27/h4,7,10,12-14,22-23,39H,3,5-6,8-9,11,15-18H2,1-2H3,(H2,34,35,40)/t23-/m1/s1. The molecule has 0 spiro atoms. The number of carbonyl (C=O) groups excluding carboxylic acids is 1. The smallest absolute Gasteiger partial charge is 0.259 e. The molecule has 0 radical (unpaired) electrons. The number of nitrogens with one attached hydrogen (secondary N) is 2. The van der Waals surface area contributed by atoms with Crippen LogP contribution < -0.4 is 25.1 Å². The summed E-state index contributed by atoms with van der Waals surface area (Å²) >= 11 is 0. The summed E-state index contributed by atoms with van der Waals surface area (Å²) in [4.78, 5) is 38.3. The number of amides is 1. The second-order valence-electron chi connectivity index (χ2n) is 11.9. The maximum Gasteiger partial charge on any atom is 0.259 e. The van der Waals surface area contributed by atoms with Gasteiger partial charge in [0.15, 0.2) is 11.5 Å². The SMILES string of the molecule is CCc1cc2c(cc1OC[C@H](O)CNc1cc[nH]c(=O)c1C1=Nc3cc4c(cc3C1)CN(C1CCN(C)CC1)C4=O)OCO2. The Hall–Kier alpha value is -4.35. The maximum atomic E-state index is 13.4. The molecule has 7 rings (SSSR count). The number of rotatable bonds is 9. The van der Waals surface area contributed by atoms with E-state index in [0.717, 1.165) is 54.7 Å². The molecule has 0 aliphatic carbocycles. The van der Waals surface area contributed by atoms with Crippen molar-refractivity contribution in [3.05, 3.63) is 74.7 Å². The fraction of sp³-hybridized carbons (Fsp3) is 0.424. The number of anilines is 1. The van der Waals surface area contributed by atoms with E-state index >= 15 is 0 Å². The lowest BCUT2D eigenvalue weighted by Gasteiger charge is -2.34. The third-order valence-corrected chi connectivity index (χ3v) is 9.02. The van der Waals surface area contributed by atoms with Crippen LogP contribution in [0.2, 0.25) is 0 Å². The van der Waals surface area contributed by atoms with E-state index in [-0.39, 0.29) is 37.5 Å². The first-order valence-electron chi connectivity index (χ1n) is 15.3. The fourth-order valence-electron chi connectivity index (χ4n) is 6.54. The highest BCUT2D eigenvalue weighted by Gasteiger charge is 2.36. The van der Waals surface area contributed by atoms with Gasteiger partial charge in [-0.2, -0.15) is 0 Å². The van der Waals surface area contributed by atoms with Crippen LogP contribution in [0, 0.1) is 0 Å². The van der Waals surface area contributed by atoms with Crippen molar-refractivity contribution in [1.29, 1.82) is 0 Å². The zero-order valence-electron chi connectivity index (χ0n) is 25.0. The van der Waals surface area contributed by atoms with Gasteiger partial charge in [-0.15, -0.1) is 0 Å². The molecule has 1 fully saturated rings. The molecule has 11 heteroatoms. The number of carbonyl (C=O) groups is 1. The molecule has 4 aliphatic heterocycles. The molecule has 0 saturated carbocycles. The Bertz CT molecular complexity index is 1690. The first kappa shape index (κ1) is 28.4. The third kappa shape index (κ3) is 5.30. The van der Waals surface area contributed by atoms with Crippen molar-refractivity contribution in [3.63, 3.8) is 0 Å². The van der Waals surface area contributed by atoms with Crippen molar-refractivity contribution in [2.24, 2.45) is 4.99 Å². The van der Waals surface area contributed by atoms with Crippen molar-refractivity contribution in [3.8, 4) is 17.2 Å². The van der Waals surface area contributed by atoms with Crippen molar-refractivity contribution in [1.82, 2.24) is 14.8 Å². The summed E-state index contributed by atoms with van der Waals surface area (Å²) in [6.45, 7) is 5.05. The van der Waals surface area contributed by atoms with Crippen LogP contribution in [0.4, 0.5) is 11.4 Å². The average molecular weight is 600 g/mol. The highest BCUT2D eigenvalue weighted by atomic mass is 16.7. The van der Waals surface area contributed by atoms with Gasteiger partial charge in [0.05, 0.1) is 22.6 Å². The number of pyridine rings is 1. The van der Waals surface area contributed by atoms with Gasteiger partial charge >= 0.3 is 0 Å². The first-order chi connectivity index (χ1) is 21.4. The largest absolute Gasteiger partial charge is 0.490 e. The molecule has 0 unspecified atom stereocenters. The Balaban J connectivity index is 1.03. The number of aliphatic imine (C=N–C) groups is 1. The summed E-state index contributed by atoms with van der Waals surface area (Å²) in [5, 5.41) is 14.0. The number of ether oxygens (including phenoxy) is 3. The minimum absolute atomic E-state index is 0.0543. The molecule has 11 nitrogen and oxygen atoms in total. The molecule has 0 bridgehead atoms. The Morgan fingerprint density at radius 2 is 1.93 bits per heavy atom. The normalized spacial score (nSPS) is 18.3. The summed E-state index contributed by atoms with van der Waals surface area (Å²) in [7, 11) is 2.12. The average Bonchev–Trinajstić information content (AvgIpc) is 3.74. The van der Waals surface area contributed by atoms with Gasteiger partial charge in [0.2, 0.25) is 6.79 Å². The van der Waals surface area contributed by atoms with Crippen molar-refractivity contribution < 1.29 is 24.1 Å². The van der Waals surface area contributed by atoms with Gasteiger partial charge in [0.25, 0.3) is 11.5 Å². The quantitative estimate of drug-likeness (QED) is 0.342. The number of hydrogen-bond acceptors (Lipinski definition) is 9. The molecule has 5 heterocycles. The predicted octanol–water partition coefficient (Wildman–Crippen LogP) is 3.24. The van der Waals surface area contributed by atoms with Crippen molar-refractivity contribution >= 4 is 23.0 Å². The Morgan fingerprint density at radius 3 is 2.73 bits per heavy atom. The molecule has 4 aliphatic rings. The third-order valence-electron chi connectivity index (χ3n) is 9.02. The Labute approximate surface area is 255 Å². The summed E-state index contributed by atoms with van der Waals surface area (Å²) in [5.74, 6) is 2.04. The number of aromatic nitrogens is 1. The van der Waals surface area contributed by atoms with E-state index in [1.165, 1.54) is 0 Å². The molecular formula is C33H37N5O6. The zero-order valence-corrected chi connectivity index (χ0v) is 25.0. The lowest BCUT2D eigenvalue weighted by Crippen LogP contribution is -2.43. The molecule has 1 saturated heterocycles. The van der Waals surface area contributed by atoms with Crippen LogP contribution in [-0.4, -0.2) is 83.7 Å². The van der Waals surface area contributed by atoms with Crippen LogP contribution in [-0.2, 0) is 19.4 Å². The number of fused-ring (bicyclic) bond motifs is 3. The molecule has 3 N–H and O–H groups in total. The monoisotopic (exact) mass is 599 g/mol. The molecule has 44 heavy (non-hydrogen) atoms. The number of hydrogen-bond donors (Lipinski definition) is 3. The Kier molecular flexibility index (Phi) is 7.51. The number of likely N-dealkylation sites (tertiary alicyclic amines) is 1. The van der Waals surface area contributed by atoms with Gasteiger partial charge in [0.1, 0.15) is 18.5 Å². The number of piperidine rings is 1. The molecule has 1 atom stereocenters. The van der Waals surface area contributed by atoms with E-state index < -0.39 is 6.10 Å². The van der Waals surface area contributed by atoms with Crippen LogP contribution >= 0.6 is 0 Å². The first-order valence-corrected chi connectivity index (χ1v) is 15.3. The van der Waals surface area contributed by atoms with E-state index in [0.29, 0.717) is 52.7 Å². The minimum Gasteiger partial charge on any atom is -0.490 e. The maximum absolute atomic E-state index is 13.4. The van der Waals surface area contributed by atoms with Gasteiger partial charge in [-0.3, -0.25) is 14.6 Å². The molecule has 230 valence electrons. The summed E-state index contributed by atoms with van der Waals surface area (Å²) in [6.07, 6.45) is 3.94. The number of aromatic amines is 1. The van der Waals surface area contributed by atoms with Gasteiger partial charge in [0, 0.05) is 43.4 Å². The highest BCUT2D eigenvalue weighted by Crippen LogP contribution is 2.39. The van der Waals surface area contributed by atoms with Gasteiger partial charge in [-0.1, -0.05) is 13.0 Å². The van der Waals surface area contributed by atoms with Crippen LogP contribution in [0.15, 0.2) is 46.3 Å². The fourth-order valence-corrected chi connectivity index (χ4v) is 6.54. The number of aryl methyl sites for hydroxylation is 1. The topological polar surface area (TPSA) is 129 Å². The number of nitrogens with zero attached hydrogens (tertiary/aromatic N) is 3. The molecule has 1 amide bonds. The van der Waals surface area contributed by atoms with Crippen LogP contribution in [0.25, 0.3) is 0 Å². The molecule has 2 aromatic carbocycles. The van der Waals surface area contributed by atoms with Gasteiger partial charge in [-0.05, 0) is 74.3 Å².